The number of likely N-dealkylation sites (N-methyl/N-ethyl adjacent to an activating group) is 1. The summed E-state index contributed by atoms with van der Waals surface area (Å²) in [7, 11) is 1.89. The van der Waals surface area contributed by atoms with Crippen LogP contribution in [0.5, 0.6) is 0 Å². The lowest BCUT2D eigenvalue weighted by molar-refractivity contribution is -0.137. The van der Waals surface area contributed by atoms with Crippen LogP contribution in [-0.2, 0) is 4.79 Å². The molecule has 0 aliphatic heterocycles. The summed E-state index contributed by atoms with van der Waals surface area (Å²) in [6.07, 6.45) is 5.27. The quantitative estimate of drug-likeness (QED) is 0.774. The first-order chi connectivity index (χ1) is 7.45. The van der Waals surface area contributed by atoms with Gasteiger partial charge < -0.3 is 10.6 Å². The number of hydrogen-bond acceptors (Lipinski definition) is 3. The van der Waals surface area contributed by atoms with Gasteiger partial charge in [0.1, 0.15) is 0 Å². The molecule has 4 heteroatoms. The van der Waals surface area contributed by atoms with Gasteiger partial charge in [-0.1, -0.05) is 6.92 Å². The van der Waals surface area contributed by atoms with Crippen LogP contribution in [0.4, 0.5) is 0 Å². The van der Waals surface area contributed by atoms with E-state index in [0.717, 1.165) is 25.0 Å². The SMILES string of the molecule is CCC(CSC)N(C)C(=O)C(C)(N)C1CC1. The third-order valence-electron chi connectivity index (χ3n) is 3.58. The van der Waals surface area contributed by atoms with Gasteiger partial charge in [-0.2, -0.15) is 11.8 Å². The lowest BCUT2D eigenvalue weighted by Crippen LogP contribution is -2.56. The summed E-state index contributed by atoms with van der Waals surface area (Å²) in [5.41, 5.74) is 5.50. The Morgan fingerprint density at radius 1 is 1.62 bits per heavy atom. The summed E-state index contributed by atoms with van der Waals surface area (Å²) >= 11 is 1.78. The van der Waals surface area contributed by atoms with Crippen LogP contribution < -0.4 is 5.73 Å². The van der Waals surface area contributed by atoms with E-state index in [2.05, 4.69) is 13.2 Å². The van der Waals surface area contributed by atoms with E-state index in [1.54, 1.807) is 11.8 Å². The molecule has 1 fully saturated rings. The van der Waals surface area contributed by atoms with Crippen molar-refractivity contribution in [3.8, 4) is 0 Å². The predicted octanol–water partition coefficient (Wildman–Crippen LogP) is 1.71. The summed E-state index contributed by atoms with van der Waals surface area (Å²) in [4.78, 5) is 14.2. The van der Waals surface area contributed by atoms with Crippen LogP contribution in [0.25, 0.3) is 0 Å². The predicted molar refractivity (Wildman–Crippen MR) is 70.5 cm³/mol. The number of amides is 1. The Hall–Kier alpha value is -0.220. The van der Waals surface area contributed by atoms with Crippen LogP contribution in [-0.4, -0.2) is 41.4 Å². The first kappa shape index (κ1) is 13.8. The second kappa shape index (κ2) is 5.41. The molecule has 0 aromatic rings. The van der Waals surface area contributed by atoms with Gasteiger partial charge in [-0.15, -0.1) is 0 Å². The van der Waals surface area contributed by atoms with Crippen molar-refractivity contribution >= 4 is 17.7 Å². The molecule has 2 N–H and O–H groups in total. The molecule has 94 valence electrons. The van der Waals surface area contributed by atoms with Crippen LogP contribution >= 0.6 is 11.8 Å². The molecular formula is C12H24N2OS. The highest BCUT2D eigenvalue weighted by Crippen LogP contribution is 2.39. The summed E-state index contributed by atoms with van der Waals surface area (Å²) in [6, 6.07) is 0.309. The number of thioether (sulfide) groups is 1. The fourth-order valence-corrected chi connectivity index (χ4v) is 2.94. The average Bonchev–Trinajstić information content (AvgIpc) is 3.07. The number of carbonyl (C=O) groups is 1. The highest BCUT2D eigenvalue weighted by Gasteiger charge is 2.46. The maximum Gasteiger partial charge on any atom is 0.242 e. The van der Waals surface area contributed by atoms with Gasteiger partial charge in [-0.3, -0.25) is 4.79 Å². The molecule has 0 heterocycles. The Kier molecular flexibility index (Phi) is 4.68. The molecule has 0 saturated heterocycles. The summed E-state index contributed by atoms with van der Waals surface area (Å²) in [6.45, 7) is 4.00. The average molecular weight is 244 g/mol. The highest BCUT2D eigenvalue weighted by molar-refractivity contribution is 7.98. The van der Waals surface area contributed by atoms with E-state index in [9.17, 15) is 4.79 Å². The van der Waals surface area contributed by atoms with Crippen molar-refractivity contribution in [3.63, 3.8) is 0 Å². The molecule has 3 nitrogen and oxygen atoms in total. The standard InChI is InChI=1S/C12H24N2OS/c1-5-10(8-16-4)14(3)11(15)12(2,13)9-6-7-9/h9-10H,5-8,13H2,1-4H3. The Balaban J connectivity index is 2.63. The maximum atomic E-state index is 12.3. The summed E-state index contributed by atoms with van der Waals surface area (Å²) in [5, 5.41) is 0. The van der Waals surface area contributed by atoms with Crippen molar-refractivity contribution < 1.29 is 4.79 Å². The van der Waals surface area contributed by atoms with E-state index in [1.165, 1.54) is 0 Å². The van der Waals surface area contributed by atoms with Crippen molar-refractivity contribution in [2.24, 2.45) is 11.7 Å². The number of nitrogens with two attached hydrogens (primary N) is 1. The Labute approximate surface area is 103 Å². The molecule has 2 atom stereocenters. The first-order valence-corrected chi connectivity index (χ1v) is 7.39. The van der Waals surface area contributed by atoms with Crippen LogP contribution in [0.15, 0.2) is 0 Å². The molecule has 0 radical (unpaired) electrons. The van der Waals surface area contributed by atoms with E-state index in [0.29, 0.717) is 12.0 Å². The zero-order chi connectivity index (χ0) is 12.3. The van der Waals surface area contributed by atoms with Gasteiger partial charge in [-0.25, -0.2) is 0 Å². The normalized spacial score (nSPS) is 21.3. The van der Waals surface area contributed by atoms with Crippen LogP contribution in [0.3, 0.4) is 0 Å². The topological polar surface area (TPSA) is 46.3 Å². The van der Waals surface area contributed by atoms with Gasteiger partial charge in [0.15, 0.2) is 0 Å². The van der Waals surface area contributed by atoms with E-state index >= 15 is 0 Å². The molecule has 0 bridgehead atoms. The Morgan fingerprint density at radius 2 is 2.19 bits per heavy atom. The third-order valence-corrected chi connectivity index (χ3v) is 4.30. The molecule has 16 heavy (non-hydrogen) atoms. The number of hydrogen-bond donors (Lipinski definition) is 1. The Bertz CT molecular complexity index is 251. The minimum Gasteiger partial charge on any atom is -0.340 e. The van der Waals surface area contributed by atoms with Gasteiger partial charge in [0, 0.05) is 18.8 Å². The van der Waals surface area contributed by atoms with E-state index in [-0.39, 0.29) is 5.91 Å². The second-order valence-electron chi connectivity index (χ2n) is 4.99. The fraction of sp³-hybridized carbons (Fsp3) is 0.917. The molecular weight excluding hydrogens is 220 g/mol. The number of carbonyl (C=O) groups excluding carboxylic acids is 1. The maximum absolute atomic E-state index is 12.3. The lowest BCUT2D eigenvalue weighted by Gasteiger charge is -2.34. The van der Waals surface area contributed by atoms with Crippen molar-refractivity contribution in [1.29, 1.82) is 0 Å². The van der Waals surface area contributed by atoms with E-state index in [1.807, 2.05) is 18.9 Å². The zero-order valence-electron chi connectivity index (χ0n) is 10.8. The van der Waals surface area contributed by atoms with Gasteiger partial charge in [0.05, 0.1) is 5.54 Å². The van der Waals surface area contributed by atoms with Gasteiger partial charge in [-0.05, 0) is 38.4 Å². The Morgan fingerprint density at radius 3 is 2.56 bits per heavy atom. The molecule has 1 aliphatic rings. The number of nitrogens with zero attached hydrogens (tertiary/aromatic N) is 1. The van der Waals surface area contributed by atoms with Crippen molar-refractivity contribution in [2.75, 3.05) is 19.1 Å². The van der Waals surface area contributed by atoms with Crippen molar-refractivity contribution in [2.45, 2.75) is 44.7 Å². The highest BCUT2D eigenvalue weighted by atomic mass is 32.2. The molecule has 1 saturated carbocycles. The summed E-state index contributed by atoms with van der Waals surface area (Å²) in [5.74, 6) is 1.49. The monoisotopic (exact) mass is 244 g/mol. The smallest absolute Gasteiger partial charge is 0.242 e. The van der Waals surface area contributed by atoms with Crippen LogP contribution in [0.2, 0.25) is 0 Å². The van der Waals surface area contributed by atoms with Gasteiger partial charge >= 0.3 is 0 Å². The molecule has 0 aromatic carbocycles. The molecule has 0 aromatic heterocycles. The van der Waals surface area contributed by atoms with E-state index < -0.39 is 5.54 Å². The zero-order valence-corrected chi connectivity index (χ0v) is 11.6. The number of rotatable bonds is 6. The lowest BCUT2D eigenvalue weighted by atomic mass is 9.95. The molecule has 1 rings (SSSR count). The van der Waals surface area contributed by atoms with Crippen molar-refractivity contribution in [1.82, 2.24) is 4.90 Å². The molecule has 2 unspecified atom stereocenters. The van der Waals surface area contributed by atoms with Crippen molar-refractivity contribution in [3.05, 3.63) is 0 Å². The summed E-state index contributed by atoms with van der Waals surface area (Å²) < 4.78 is 0. The van der Waals surface area contributed by atoms with Crippen LogP contribution in [0.1, 0.15) is 33.1 Å². The molecule has 1 aliphatic carbocycles. The van der Waals surface area contributed by atoms with E-state index in [4.69, 9.17) is 5.73 Å². The minimum absolute atomic E-state index is 0.107. The first-order valence-electron chi connectivity index (χ1n) is 6.00. The molecule has 0 spiro atoms. The minimum atomic E-state index is -0.652. The van der Waals surface area contributed by atoms with Gasteiger partial charge in [0.2, 0.25) is 5.91 Å². The third kappa shape index (κ3) is 2.92. The molecule has 1 amide bonds. The van der Waals surface area contributed by atoms with Gasteiger partial charge in [0.25, 0.3) is 0 Å². The fourth-order valence-electron chi connectivity index (χ4n) is 2.10. The largest absolute Gasteiger partial charge is 0.340 e. The van der Waals surface area contributed by atoms with Crippen LogP contribution in [0, 0.1) is 5.92 Å². The second-order valence-corrected chi connectivity index (χ2v) is 5.90.